The molecule has 3 heterocycles. The molecule has 0 aliphatic carbocycles. The molecule has 6 heteroatoms. The van der Waals surface area contributed by atoms with Crippen LogP contribution in [0.5, 0.6) is 0 Å². The molecule has 3 rings (SSSR count). The van der Waals surface area contributed by atoms with Crippen molar-refractivity contribution in [1.82, 2.24) is 19.7 Å². The van der Waals surface area contributed by atoms with E-state index in [9.17, 15) is 5.11 Å². The minimum atomic E-state index is -0.667. The van der Waals surface area contributed by atoms with Gasteiger partial charge in [0.1, 0.15) is 11.6 Å². The van der Waals surface area contributed by atoms with E-state index in [0.29, 0.717) is 6.54 Å². The molecule has 0 bridgehead atoms. The molecule has 1 atom stereocenters. The molecule has 0 radical (unpaired) electrons. The number of aliphatic hydroxyl groups is 1. The standard InChI is InChI=1S/C16H25N5O/c1-15(2,3)14-18-12-11(9-17-20(12)5)13(19-14)21-8-6-7-16(4,22)10-21/h9,22H,6-8,10H2,1-5H3/t16-/m1/s1. The average molecular weight is 303 g/mol. The number of hydrogen-bond donors (Lipinski definition) is 1. The minimum Gasteiger partial charge on any atom is -0.388 e. The zero-order valence-corrected chi connectivity index (χ0v) is 14.1. The molecular formula is C16H25N5O. The van der Waals surface area contributed by atoms with Crippen molar-refractivity contribution in [3.8, 4) is 0 Å². The van der Waals surface area contributed by atoms with Crippen LogP contribution in [0, 0.1) is 0 Å². The molecule has 6 nitrogen and oxygen atoms in total. The van der Waals surface area contributed by atoms with Gasteiger partial charge in [-0.15, -0.1) is 0 Å². The van der Waals surface area contributed by atoms with Crippen LogP contribution in [0.3, 0.4) is 0 Å². The van der Waals surface area contributed by atoms with Gasteiger partial charge in [0.15, 0.2) is 5.65 Å². The van der Waals surface area contributed by atoms with Crippen LogP contribution in [0.15, 0.2) is 6.20 Å². The highest BCUT2D eigenvalue weighted by Gasteiger charge is 2.31. The highest BCUT2D eigenvalue weighted by Crippen LogP contribution is 2.31. The lowest BCUT2D eigenvalue weighted by Crippen LogP contribution is -2.46. The highest BCUT2D eigenvalue weighted by atomic mass is 16.3. The van der Waals surface area contributed by atoms with Crippen molar-refractivity contribution in [3.05, 3.63) is 12.0 Å². The van der Waals surface area contributed by atoms with Crippen LogP contribution in [0.1, 0.15) is 46.4 Å². The first-order valence-corrected chi connectivity index (χ1v) is 7.85. The third-order valence-electron chi connectivity index (χ3n) is 4.22. The maximum Gasteiger partial charge on any atom is 0.163 e. The number of nitrogens with zero attached hydrogens (tertiary/aromatic N) is 5. The summed E-state index contributed by atoms with van der Waals surface area (Å²) in [4.78, 5) is 11.7. The van der Waals surface area contributed by atoms with E-state index in [2.05, 4.69) is 30.8 Å². The van der Waals surface area contributed by atoms with E-state index in [-0.39, 0.29) is 5.41 Å². The summed E-state index contributed by atoms with van der Waals surface area (Å²) >= 11 is 0. The van der Waals surface area contributed by atoms with E-state index in [0.717, 1.165) is 42.1 Å². The Morgan fingerprint density at radius 2 is 2.00 bits per heavy atom. The van der Waals surface area contributed by atoms with Crippen LogP contribution in [0.4, 0.5) is 5.82 Å². The summed E-state index contributed by atoms with van der Waals surface area (Å²) in [5.74, 6) is 1.70. The summed E-state index contributed by atoms with van der Waals surface area (Å²) in [6, 6.07) is 0. The Hall–Kier alpha value is -1.69. The molecule has 0 aromatic carbocycles. The van der Waals surface area contributed by atoms with Crippen LogP contribution in [0.2, 0.25) is 0 Å². The van der Waals surface area contributed by atoms with E-state index in [1.165, 1.54) is 0 Å². The Labute approximate surface area is 131 Å². The lowest BCUT2D eigenvalue weighted by Gasteiger charge is -2.38. The topological polar surface area (TPSA) is 67.1 Å². The number of aryl methyl sites for hydroxylation is 1. The minimum absolute atomic E-state index is 0.133. The first-order valence-electron chi connectivity index (χ1n) is 7.85. The van der Waals surface area contributed by atoms with Crippen LogP contribution >= 0.6 is 0 Å². The summed E-state index contributed by atoms with van der Waals surface area (Å²) in [5.41, 5.74) is 0.0469. The van der Waals surface area contributed by atoms with Crippen molar-refractivity contribution in [3.63, 3.8) is 0 Å². The van der Waals surface area contributed by atoms with Crippen molar-refractivity contribution in [2.24, 2.45) is 7.05 Å². The predicted octanol–water partition coefficient (Wildman–Crippen LogP) is 2.01. The first kappa shape index (κ1) is 15.2. The van der Waals surface area contributed by atoms with E-state index in [1.807, 2.05) is 20.2 Å². The first-order chi connectivity index (χ1) is 10.2. The van der Waals surface area contributed by atoms with Crippen molar-refractivity contribution in [2.45, 2.75) is 51.6 Å². The molecule has 0 unspecified atom stereocenters. The second-order valence-corrected chi connectivity index (χ2v) is 7.65. The number of rotatable bonds is 1. The van der Waals surface area contributed by atoms with Crippen molar-refractivity contribution in [1.29, 1.82) is 0 Å². The number of β-amino-alcohol motifs (C(OH)–C–C–N with tert-alkyl or cyclic N) is 1. The second-order valence-electron chi connectivity index (χ2n) is 7.65. The molecule has 1 N–H and O–H groups in total. The summed E-state index contributed by atoms with van der Waals surface area (Å²) in [7, 11) is 1.90. The molecule has 1 fully saturated rings. The molecule has 0 amide bonds. The molecule has 22 heavy (non-hydrogen) atoms. The predicted molar refractivity (Wildman–Crippen MR) is 87.1 cm³/mol. The summed E-state index contributed by atoms with van der Waals surface area (Å²) in [6.07, 6.45) is 3.61. The zero-order chi connectivity index (χ0) is 16.1. The van der Waals surface area contributed by atoms with Gasteiger partial charge in [-0.1, -0.05) is 20.8 Å². The SMILES string of the molecule is Cn1ncc2c(N3CCC[C@@](C)(O)C3)nc(C(C)(C)C)nc21. The van der Waals surface area contributed by atoms with Gasteiger partial charge in [0.25, 0.3) is 0 Å². The Balaban J connectivity index is 2.15. The van der Waals surface area contributed by atoms with Crippen LogP contribution < -0.4 is 4.90 Å². The quantitative estimate of drug-likeness (QED) is 0.873. The molecular weight excluding hydrogens is 278 g/mol. The summed E-state index contributed by atoms with van der Waals surface area (Å²) in [6.45, 7) is 9.73. The maximum absolute atomic E-state index is 10.4. The molecule has 2 aromatic rings. The molecule has 2 aromatic heterocycles. The molecule has 1 aliphatic rings. The fourth-order valence-corrected chi connectivity index (χ4v) is 2.98. The van der Waals surface area contributed by atoms with Gasteiger partial charge in [-0.05, 0) is 19.8 Å². The van der Waals surface area contributed by atoms with Crippen LogP contribution in [-0.2, 0) is 12.5 Å². The lowest BCUT2D eigenvalue weighted by atomic mass is 9.94. The monoisotopic (exact) mass is 303 g/mol. The zero-order valence-electron chi connectivity index (χ0n) is 14.1. The number of piperidine rings is 1. The molecule has 0 spiro atoms. The van der Waals surface area contributed by atoms with E-state index in [4.69, 9.17) is 9.97 Å². The second kappa shape index (κ2) is 4.91. The van der Waals surface area contributed by atoms with Crippen LogP contribution in [0.25, 0.3) is 11.0 Å². The van der Waals surface area contributed by atoms with E-state index < -0.39 is 5.60 Å². The third-order valence-corrected chi connectivity index (χ3v) is 4.22. The number of anilines is 1. The summed E-state index contributed by atoms with van der Waals surface area (Å²) in [5, 5.41) is 15.7. The molecule has 1 aliphatic heterocycles. The number of fused-ring (bicyclic) bond motifs is 1. The molecule has 1 saturated heterocycles. The van der Waals surface area contributed by atoms with Gasteiger partial charge in [-0.25, -0.2) is 9.97 Å². The van der Waals surface area contributed by atoms with Gasteiger partial charge in [0.2, 0.25) is 0 Å². The largest absolute Gasteiger partial charge is 0.388 e. The highest BCUT2D eigenvalue weighted by molar-refractivity contribution is 5.87. The average Bonchev–Trinajstić information content (AvgIpc) is 2.77. The molecule has 0 saturated carbocycles. The number of hydrogen-bond acceptors (Lipinski definition) is 5. The van der Waals surface area contributed by atoms with Crippen molar-refractivity contribution in [2.75, 3.05) is 18.0 Å². The number of aromatic nitrogens is 4. The van der Waals surface area contributed by atoms with Gasteiger partial charge in [-0.2, -0.15) is 5.10 Å². The lowest BCUT2D eigenvalue weighted by molar-refractivity contribution is 0.0447. The smallest absolute Gasteiger partial charge is 0.163 e. The van der Waals surface area contributed by atoms with Crippen molar-refractivity contribution < 1.29 is 5.11 Å². The van der Waals surface area contributed by atoms with Gasteiger partial charge < -0.3 is 10.0 Å². The summed E-state index contributed by atoms with van der Waals surface area (Å²) < 4.78 is 1.79. The van der Waals surface area contributed by atoms with Gasteiger partial charge >= 0.3 is 0 Å². The Morgan fingerprint density at radius 3 is 2.64 bits per heavy atom. The Morgan fingerprint density at radius 1 is 1.27 bits per heavy atom. The van der Waals surface area contributed by atoms with Gasteiger partial charge in [0, 0.05) is 25.6 Å². The normalized spacial score (nSPS) is 23.3. The Kier molecular flexibility index (Phi) is 3.40. The third kappa shape index (κ3) is 2.67. The Bertz CT molecular complexity index is 698. The van der Waals surface area contributed by atoms with Gasteiger partial charge in [-0.3, -0.25) is 4.68 Å². The maximum atomic E-state index is 10.4. The fourth-order valence-electron chi connectivity index (χ4n) is 2.98. The van der Waals surface area contributed by atoms with E-state index >= 15 is 0 Å². The molecule has 120 valence electrons. The van der Waals surface area contributed by atoms with Crippen LogP contribution in [-0.4, -0.2) is 43.5 Å². The van der Waals surface area contributed by atoms with Gasteiger partial charge in [0.05, 0.1) is 17.2 Å². The fraction of sp³-hybridized carbons (Fsp3) is 0.688. The van der Waals surface area contributed by atoms with Crippen molar-refractivity contribution >= 4 is 16.9 Å². The van der Waals surface area contributed by atoms with E-state index in [1.54, 1.807) is 4.68 Å².